The summed E-state index contributed by atoms with van der Waals surface area (Å²) in [4.78, 5) is 29.8. The van der Waals surface area contributed by atoms with Gasteiger partial charge in [0.25, 0.3) is 0 Å². The Morgan fingerprint density at radius 3 is 2.49 bits per heavy atom. The molecule has 0 radical (unpaired) electrons. The van der Waals surface area contributed by atoms with E-state index in [2.05, 4.69) is 19.9 Å². The largest absolute Gasteiger partial charge is 0.495 e. The van der Waals surface area contributed by atoms with Crippen LogP contribution in [-0.2, 0) is 4.74 Å². The summed E-state index contributed by atoms with van der Waals surface area (Å²) in [5.41, 5.74) is 1.91. The van der Waals surface area contributed by atoms with Crippen LogP contribution in [0.15, 0.2) is 55.2 Å². The van der Waals surface area contributed by atoms with Gasteiger partial charge in [0.05, 0.1) is 30.6 Å². The van der Waals surface area contributed by atoms with Gasteiger partial charge >= 0.3 is 6.09 Å². The molecule has 4 aromatic rings. The fraction of sp³-hybridized carbons (Fsp3) is 0.333. The topological polar surface area (TPSA) is 85.6 Å². The molecule has 1 aromatic carbocycles. The molecule has 1 amide bonds. The van der Waals surface area contributed by atoms with Crippen molar-refractivity contribution >= 4 is 22.9 Å². The number of ether oxygens (including phenoxy) is 2. The molecule has 37 heavy (non-hydrogen) atoms. The molecule has 9 nitrogen and oxygen atoms in total. The van der Waals surface area contributed by atoms with Gasteiger partial charge in [-0.3, -0.25) is 9.55 Å². The lowest BCUT2D eigenvalue weighted by Gasteiger charge is -2.36. The zero-order valence-corrected chi connectivity index (χ0v) is 21.3. The third-order valence-corrected chi connectivity index (χ3v) is 6.17. The summed E-state index contributed by atoms with van der Waals surface area (Å²) in [6, 6.07) is 8.50. The highest BCUT2D eigenvalue weighted by atomic mass is 19.1. The lowest BCUT2D eigenvalue weighted by molar-refractivity contribution is 0.0240. The summed E-state index contributed by atoms with van der Waals surface area (Å²) in [5.74, 6) is 0.941. The van der Waals surface area contributed by atoms with E-state index in [-0.39, 0.29) is 11.9 Å². The fourth-order valence-electron chi connectivity index (χ4n) is 4.44. The van der Waals surface area contributed by atoms with E-state index in [1.807, 2.05) is 37.6 Å². The predicted molar refractivity (Wildman–Crippen MR) is 139 cm³/mol. The number of piperazine rings is 1. The Kier molecular flexibility index (Phi) is 6.41. The molecular formula is C27H29FN6O3. The van der Waals surface area contributed by atoms with Gasteiger partial charge in [0.1, 0.15) is 29.3 Å². The zero-order chi connectivity index (χ0) is 26.2. The van der Waals surface area contributed by atoms with Crippen LogP contribution in [0, 0.1) is 5.82 Å². The molecular weight excluding hydrogens is 475 g/mol. The number of hydrogen-bond donors (Lipinski definition) is 0. The quantitative estimate of drug-likeness (QED) is 0.399. The first-order valence-electron chi connectivity index (χ1n) is 12.1. The number of nitrogens with zero attached hydrogens (tertiary/aromatic N) is 6. The Labute approximate surface area is 214 Å². The molecule has 0 aliphatic carbocycles. The Bertz CT molecular complexity index is 1440. The second kappa shape index (κ2) is 9.68. The molecule has 0 atom stereocenters. The third kappa shape index (κ3) is 4.91. The number of carbonyl (C=O) groups is 1. The van der Waals surface area contributed by atoms with Crippen LogP contribution in [0.25, 0.3) is 27.8 Å². The van der Waals surface area contributed by atoms with Gasteiger partial charge in [-0.05, 0) is 26.8 Å². The smallest absolute Gasteiger partial charge is 0.410 e. The van der Waals surface area contributed by atoms with E-state index in [0.29, 0.717) is 54.5 Å². The van der Waals surface area contributed by atoms with E-state index >= 15 is 4.39 Å². The molecule has 0 bridgehead atoms. The van der Waals surface area contributed by atoms with E-state index < -0.39 is 5.60 Å². The summed E-state index contributed by atoms with van der Waals surface area (Å²) in [5, 5.41) is 0.723. The van der Waals surface area contributed by atoms with Crippen molar-refractivity contribution < 1.29 is 18.7 Å². The number of hydrogen-bond acceptors (Lipinski definition) is 7. The van der Waals surface area contributed by atoms with Crippen molar-refractivity contribution in [1.29, 1.82) is 0 Å². The number of anilines is 1. The number of methoxy groups -OCH3 is 1. The highest BCUT2D eigenvalue weighted by Crippen LogP contribution is 2.38. The average molecular weight is 505 g/mol. The summed E-state index contributed by atoms with van der Waals surface area (Å²) < 4.78 is 27.8. The van der Waals surface area contributed by atoms with Crippen molar-refractivity contribution in [1.82, 2.24) is 24.4 Å². The van der Waals surface area contributed by atoms with Crippen LogP contribution in [0.2, 0.25) is 0 Å². The van der Waals surface area contributed by atoms with Crippen LogP contribution in [0.5, 0.6) is 5.75 Å². The van der Waals surface area contributed by atoms with Crippen molar-refractivity contribution in [2.24, 2.45) is 0 Å². The van der Waals surface area contributed by atoms with Gasteiger partial charge in [0.15, 0.2) is 5.65 Å². The third-order valence-electron chi connectivity index (χ3n) is 6.17. The van der Waals surface area contributed by atoms with Gasteiger partial charge in [-0.1, -0.05) is 18.2 Å². The molecule has 1 saturated heterocycles. The second-order valence-electron chi connectivity index (χ2n) is 9.83. The minimum Gasteiger partial charge on any atom is -0.495 e. The lowest BCUT2D eigenvalue weighted by atomic mass is 10.1. The number of fused-ring (bicyclic) bond motifs is 1. The maximum atomic E-state index is 15.0. The normalized spacial score (nSPS) is 14.2. The maximum absolute atomic E-state index is 15.0. The monoisotopic (exact) mass is 504 g/mol. The van der Waals surface area contributed by atoms with Crippen molar-refractivity contribution in [2.75, 3.05) is 38.2 Å². The van der Waals surface area contributed by atoms with Gasteiger partial charge < -0.3 is 19.3 Å². The first-order valence-corrected chi connectivity index (χ1v) is 12.1. The highest BCUT2D eigenvalue weighted by molar-refractivity contribution is 6.02. The lowest BCUT2D eigenvalue weighted by Crippen LogP contribution is -2.50. The number of rotatable bonds is 4. The maximum Gasteiger partial charge on any atom is 0.410 e. The minimum absolute atomic E-state index is 0.330. The first-order chi connectivity index (χ1) is 17.7. The fourth-order valence-corrected chi connectivity index (χ4v) is 4.44. The molecule has 0 saturated carbocycles. The molecule has 0 spiro atoms. The minimum atomic E-state index is -0.556. The molecule has 10 heteroatoms. The summed E-state index contributed by atoms with van der Waals surface area (Å²) in [7, 11) is 1.58. The molecule has 1 aliphatic heterocycles. The van der Waals surface area contributed by atoms with Crippen LogP contribution in [0.4, 0.5) is 15.0 Å². The van der Waals surface area contributed by atoms with Gasteiger partial charge in [0, 0.05) is 49.6 Å². The van der Waals surface area contributed by atoms with E-state index in [1.165, 1.54) is 12.4 Å². The first kappa shape index (κ1) is 24.5. The van der Waals surface area contributed by atoms with Crippen molar-refractivity contribution in [3.63, 3.8) is 0 Å². The van der Waals surface area contributed by atoms with Crippen molar-refractivity contribution in [2.45, 2.75) is 26.4 Å². The van der Waals surface area contributed by atoms with Crippen LogP contribution < -0.4 is 9.64 Å². The van der Waals surface area contributed by atoms with Crippen molar-refractivity contribution in [3.8, 4) is 22.6 Å². The predicted octanol–water partition coefficient (Wildman–Crippen LogP) is 4.69. The van der Waals surface area contributed by atoms with Gasteiger partial charge in [-0.25, -0.2) is 19.2 Å². The highest BCUT2D eigenvalue weighted by Gasteiger charge is 2.29. The number of halogens is 1. The molecule has 0 unspecified atom stereocenters. The summed E-state index contributed by atoms with van der Waals surface area (Å²) in [6.45, 7) is 7.62. The van der Waals surface area contributed by atoms with Gasteiger partial charge in [0.2, 0.25) is 0 Å². The van der Waals surface area contributed by atoms with E-state index in [4.69, 9.17) is 9.47 Å². The van der Waals surface area contributed by atoms with E-state index in [1.54, 1.807) is 42.6 Å². The Morgan fingerprint density at radius 2 is 1.78 bits per heavy atom. The number of carbonyl (C=O) groups excluding carboxylic acids is 1. The molecule has 192 valence electrons. The van der Waals surface area contributed by atoms with Crippen LogP contribution in [0.1, 0.15) is 20.8 Å². The van der Waals surface area contributed by atoms with Crippen LogP contribution in [-0.4, -0.2) is 69.4 Å². The molecule has 3 aromatic heterocycles. The number of benzene rings is 1. The molecule has 5 rings (SSSR count). The standard InChI is InChI=1S/C27H29FN6O3/c1-27(2,3)37-26(35)33-11-9-32(10-12-33)24-23-21(20-7-5-6-8-22(20)28)16-34(25(23)31-17-30-24)18-13-19(36-4)15-29-14-18/h5-8,13-17H,9-12H2,1-4H3. The van der Waals surface area contributed by atoms with Crippen LogP contribution >= 0.6 is 0 Å². The average Bonchev–Trinajstić information content (AvgIpc) is 3.28. The Balaban J connectivity index is 1.57. The summed E-state index contributed by atoms with van der Waals surface area (Å²) in [6.07, 6.45) is 6.36. The summed E-state index contributed by atoms with van der Waals surface area (Å²) >= 11 is 0. The zero-order valence-electron chi connectivity index (χ0n) is 21.3. The number of amides is 1. The van der Waals surface area contributed by atoms with Crippen molar-refractivity contribution in [3.05, 3.63) is 61.1 Å². The number of aromatic nitrogens is 4. The molecule has 4 heterocycles. The van der Waals surface area contributed by atoms with Crippen LogP contribution in [0.3, 0.4) is 0 Å². The van der Waals surface area contributed by atoms with Gasteiger partial charge in [-0.2, -0.15) is 0 Å². The number of pyridine rings is 1. The van der Waals surface area contributed by atoms with Gasteiger partial charge in [-0.15, -0.1) is 0 Å². The Morgan fingerprint density at radius 1 is 1.03 bits per heavy atom. The van der Waals surface area contributed by atoms with E-state index in [9.17, 15) is 4.79 Å². The van der Waals surface area contributed by atoms with E-state index in [0.717, 1.165) is 11.1 Å². The SMILES string of the molecule is COc1cncc(-n2cc(-c3ccccc3F)c3c(N4CCN(C(=O)OC(C)(C)C)CC4)ncnc32)c1. The molecule has 0 N–H and O–H groups in total. The second-order valence-corrected chi connectivity index (χ2v) is 9.83. The molecule has 1 aliphatic rings. The Hall–Kier alpha value is -4.21. The molecule has 1 fully saturated rings.